The summed E-state index contributed by atoms with van der Waals surface area (Å²) in [6, 6.07) is 9.56. The first kappa shape index (κ1) is 55.8. The first-order valence-electron chi connectivity index (χ1n) is 15.3. The van der Waals surface area contributed by atoms with Gasteiger partial charge in [0.05, 0.1) is 6.04 Å². The standard InChI is InChI=1S/C17H19NO3.C8H12O.5C2H6O.Ti/c1-3-4-8-13(2)16(19)18-15(12-21-17(18)20)11-14-9-6-5-7-10-14;1-4-5-6-7(2)8(3)9;5*1-2-3;/h5-7,9-10,13,15H,8,11-12H2,1-2H3;7H,6H2,1-3H3;5*3H,2H2,1H3;/t13-,15+;7-;;;;;;/m00....../s1. The van der Waals surface area contributed by atoms with Crippen molar-refractivity contribution < 1.29 is 66.4 Å². The van der Waals surface area contributed by atoms with Crippen LogP contribution in [0.4, 0.5) is 4.79 Å². The summed E-state index contributed by atoms with van der Waals surface area (Å²) in [5, 5.41) is 37.8. The van der Waals surface area contributed by atoms with E-state index in [-0.39, 0.29) is 90.9 Å². The molecular formula is C35H61NO9Ti. The number of aliphatic hydroxyl groups excluding tert-OH is 5. The number of hydrogen-bond acceptors (Lipinski definition) is 9. The minimum Gasteiger partial charge on any atom is -0.447 e. The largest absolute Gasteiger partial charge is 0.447 e. The zero-order valence-electron chi connectivity index (χ0n) is 29.8. The van der Waals surface area contributed by atoms with Crippen molar-refractivity contribution in [3.8, 4) is 23.7 Å². The molecule has 1 aromatic rings. The molecule has 3 atom stereocenters. The summed E-state index contributed by atoms with van der Waals surface area (Å²) in [5.74, 6) is 11.1. The fourth-order valence-electron chi connectivity index (χ4n) is 2.75. The van der Waals surface area contributed by atoms with Gasteiger partial charge in [0, 0.05) is 79.4 Å². The van der Waals surface area contributed by atoms with Gasteiger partial charge >= 0.3 is 6.09 Å². The summed E-state index contributed by atoms with van der Waals surface area (Å²) in [4.78, 5) is 36.1. The number of aliphatic hydroxyl groups is 5. The Bertz CT molecular complexity index is 927. The van der Waals surface area contributed by atoms with Crippen molar-refractivity contribution in [1.29, 1.82) is 0 Å². The number of ketones is 1. The molecule has 264 valence electrons. The van der Waals surface area contributed by atoms with Crippen LogP contribution in [0.5, 0.6) is 0 Å². The number of imide groups is 1. The average Bonchev–Trinajstić information content (AvgIpc) is 3.36. The summed E-state index contributed by atoms with van der Waals surface area (Å²) < 4.78 is 5.06. The molecule has 0 saturated carbocycles. The number of benzene rings is 1. The van der Waals surface area contributed by atoms with Crippen LogP contribution in [0, 0.1) is 35.5 Å². The monoisotopic (exact) mass is 687 g/mol. The minimum atomic E-state index is -0.544. The number of hydrogen-bond donors (Lipinski definition) is 5. The van der Waals surface area contributed by atoms with Crippen LogP contribution in [0.25, 0.3) is 0 Å². The topological polar surface area (TPSA) is 165 Å². The smallest absolute Gasteiger partial charge is 0.416 e. The van der Waals surface area contributed by atoms with Crippen molar-refractivity contribution in [1.82, 2.24) is 4.90 Å². The third-order valence-corrected chi connectivity index (χ3v) is 4.80. The molecule has 2 rings (SSSR count). The molecule has 1 aromatic carbocycles. The van der Waals surface area contributed by atoms with Crippen LogP contribution >= 0.6 is 0 Å². The maximum Gasteiger partial charge on any atom is 0.416 e. The number of cyclic esters (lactones) is 1. The normalized spacial score (nSPS) is 12.7. The second kappa shape index (κ2) is 44.6. The molecule has 1 aliphatic rings. The van der Waals surface area contributed by atoms with Crippen LogP contribution < -0.4 is 0 Å². The summed E-state index contributed by atoms with van der Waals surface area (Å²) in [5.41, 5.74) is 1.08. The van der Waals surface area contributed by atoms with Gasteiger partial charge < -0.3 is 30.3 Å². The Hall–Kier alpha value is -2.54. The molecule has 0 aromatic heterocycles. The van der Waals surface area contributed by atoms with Gasteiger partial charge in [0.2, 0.25) is 5.91 Å². The van der Waals surface area contributed by atoms with E-state index >= 15 is 0 Å². The van der Waals surface area contributed by atoms with Crippen LogP contribution in [0.15, 0.2) is 30.3 Å². The molecule has 46 heavy (non-hydrogen) atoms. The van der Waals surface area contributed by atoms with Crippen molar-refractivity contribution in [3.63, 3.8) is 0 Å². The molecule has 0 unspecified atom stereocenters. The van der Waals surface area contributed by atoms with Crippen molar-refractivity contribution in [2.24, 2.45) is 11.8 Å². The number of carbonyl (C=O) groups is 3. The van der Waals surface area contributed by atoms with E-state index in [9.17, 15) is 14.4 Å². The quantitative estimate of drug-likeness (QED) is 0.217. The molecule has 2 amide bonds. The number of ether oxygens (including phenoxy) is 1. The van der Waals surface area contributed by atoms with Crippen molar-refractivity contribution in [3.05, 3.63) is 35.9 Å². The molecular weight excluding hydrogens is 626 g/mol. The van der Waals surface area contributed by atoms with Gasteiger partial charge in [-0.3, -0.25) is 9.59 Å². The van der Waals surface area contributed by atoms with Crippen molar-refractivity contribution in [2.45, 2.75) is 94.5 Å². The summed E-state index contributed by atoms with van der Waals surface area (Å²) in [7, 11) is 0. The molecule has 10 nitrogen and oxygen atoms in total. The fraction of sp³-hybridized carbons (Fsp3) is 0.629. The Morgan fingerprint density at radius 2 is 1.17 bits per heavy atom. The summed E-state index contributed by atoms with van der Waals surface area (Å²) in [6.07, 6.45) is 1.23. The third kappa shape index (κ3) is 37.7. The zero-order valence-corrected chi connectivity index (χ0v) is 31.4. The molecule has 1 aliphatic heterocycles. The van der Waals surface area contributed by atoms with Crippen molar-refractivity contribution in [2.75, 3.05) is 39.6 Å². The SMILES string of the molecule is CC#CC[C@H](C)C(=O)N1C(=O)OC[C@H]1Cc1ccccc1.CC#CC[C@H](C)C(C)=O.CCO.CCO.CCO.CCO.CCO.[Ti]. The molecule has 0 aliphatic carbocycles. The second-order valence-electron chi connectivity index (χ2n) is 8.88. The number of carbonyl (C=O) groups excluding carboxylic acids is 3. The van der Waals surface area contributed by atoms with E-state index in [2.05, 4.69) is 23.7 Å². The van der Waals surface area contributed by atoms with Gasteiger partial charge in [-0.2, -0.15) is 0 Å². The Kier molecular flexibility index (Phi) is 54.1. The first-order valence-corrected chi connectivity index (χ1v) is 15.3. The van der Waals surface area contributed by atoms with E-state index in [0.29, 0.717) is 19.3 Å². The van der Waals surface area contributed by atoms with Crippen LogP contribution in [0.1, 0.15) is 87.6 Å². The molecule has 1 fully saturated rings. The van der Waals surface area contributed by atoms with Gasteiger partial charge in [-0.15, -0.1) is 23.7 Å². The predicted molar refractivity (Wildman–Crippen MR) is 181 cm³/mol. The number of nitrogens with zero attached hydrogens (tertiary/aromatic N) is 1. The predicted octanol–water partition coefficient (Wildman–Crippen LogP) is 4.24. The van der Waals surface area contributed by atoms with E-state index in [1.54, 1.807) is 62.3 Å². The van der Waals surface area contributed by atoms with Gasteiger partial charge in [-0.1, -0.05) is 44.2 Å². The first-order chi connectivity index (χ1) is 21.4. The average molecular weight is 688 g/mol. The van der Waals surface area contributed by atoms with Gasteiger partial charge in [-0.25, -0.2) is 9.69 Å². The van der Waals surface area contributed by atoms with E-state index in [1.807, 2.05) is 37.3 Å². The van der Waals surface area contributed by atoms with Gasteiger partial charge in [0.1, 0.15) is 12.4 Å². The van der Waals surface area contributed by atoms with Crippen LogP contribution in [0.3, 0.4) is 0 Å². The van der Waals surface area contributed by atoms with E-state index in [4.69, 9.17) is 30.3 Å². The second-order valence-corrected chi connectivity index (χ2v) is 8.88. The maximum atomic E-state index is 12.4. The van der Waals surface area contributed by atoms with Gasteiger partial charge in [0.25, 0.3) is 0 Å². The summed E-state index contributed by atoms with van der Waals surface area (Å²) in [6.45, 7) is 18.7. The molecule has 1 heterocycles. The molecule has 11 heteroatoms. The number of rotatable bonds is 6. The number of Topliss-reactive ketones (excluding diaryl/α,β-unsaturated/α-hetero) is 1. The van der Waals surface area contributed by atoms with Gasteiger partial charge in [0.15, 0.2) is 0 Å². The molecule has 0 spiro atoms. The zero-order chi connectivity index (χ0) is 36.1. The van der Waals surface area contributed by atoms with Gasteiger partial charge in [-0.05, 0) is 67.4 Å². The Labute approximate surface area is 293 Å². The summed E-state index contributed by atoms with van der Waals surface area (Å²) >= 11 is 0. The van der Waals surface area contributed by atoms with Crippen LogP contribution in [0.2, 0.25) is 0 Å². The Morgan fingerprint density at radius 1 is 0.804 bits per heavy atom. The van der Waals surface area contributed by atoms with Crippen LogP contribution in [-0.2, 0) is 42.5 Å². The Morgan fingerprint density at radius 3 is 1.52 bits per heavy atom. The van der Waals surface area contributed by atoms with Crippen LogP contribution in [-0.4, -0.2) is 93.9 Å². The maximum absolute atomic E-state index is 12.4. The fourth-order valence-corrected chi connectivity index (χ4v) is 2.75. The molecule has 0 radical (unpaired) electrons. The van der Waals surface area contributed by atoms with Crippen molar-refractivity contribution >= 4 is 17.8 Å². The molecule has 5 N–H and O–H groups in total. The minimum absolute atomic E-state index is 0. The molecule has 1 saturated heterocycles. The van der Waals surface area contributed by atoms with E-state index in [1.165, 1.54) is 4.90 Å². The van der Waals surface area contributed by atoms with E-state index in [0.717, 1.165) is 5.56 Å². The third-order valence-electron chi connectivity index (χ3n) is 4.80. The van der Waals surface area contributed by atoms with E-state index < -0.39 is 6.09 Å². The Balaban J connectivity index is -0.000000133. The number of amides is 2. The molecule has 0 bridgehead atoms.